The van der Waals surface area contributed by atoms with E-state index in [4.69, 9.17) is 9.47 Å². The highest BCUT2D eigenvalue weighted by Crippen LogP contribution is 2.37. The predicted molar refractivity (Wildman–Crippen MR) is 150 cm³/mol. The van der Waals surface area contributed by atoms with Crippen molar-refractivity contribution in [2.75, 3.05) is 20.1 Å². The van der Waals surface area contributed by atoms with E-state index in [0.29, 0.717) is 5.75 Å². The van der Waals surface area contributed by atoms with Gasteiger partial charge in [0.15, 0.2) is 0 Å². The van der Waals surface area contributed by atoms with Gasteiger partial charge in [-0.25, -0.2) is 9.59 Å². The van der Waals surface area contributed by atoms with E-state index in [9.17, 15) is 14.4 Å². The molecular weight excluding hydrogens is 482 g/mol. The van der Waals surface area contributed by atoms with Crippen molar-refractivity contribution in [1.29, 1.82) is 0 Å². The standard InChI is InChI=1S/C30H49N3O5/c1-10-30(16-11-12-17-33(9)19-30)22-14-13-15-23(18-22)37-28(36)32-24(20(2)3)26(34)31-25(21(4)5)27(35)38-29(6,7)8/h13-15,18,20-21,24-25H,10-12,16-17,19H2,1-9H3,(H,31,34)(H,32,36)/t24-,25?,30?/m0/s1. The summed E-state index contributed by atoms with van der Waals surface area (Å²) in [5, 5.41) is 5.48. The number of likely N-dealkylation sites (N-methyl/N-ethyl adjacent to an activating group) is 1. The molecule has 1 aromatic rings. The monoisotopic (exact) mass is 531 g/mol. The number of likely N-dealkylation sites (tertiary alicyclic amines) is 1. The van der Waals surface area contributed by atoms with Crippen LogP contribution in [-0.2, 0) is 19.7 Å². The summed E-state index contributed by atoms with van der Waals surface area (Å²) >= 11 is 0. The largest absolute Gasteiger partial charge is 0.458 e. The first-order valence-corrected chi connectivity index (χ1v) is 14.0. The van der Waals surface area contributed by atoms with E-state index in [-0.39, 0.29) is 17.3 Å². The number of carbonyl (C=O) groups is 3. The predicted octanol–water partition coefficient (Wildman–Crippen LogP) is 5.05. The third kappa shape index (κ3) is 9.00. The molecular formula is C30H49N3O5. The van der Waals surface area contributed by atoms with E-state index >= 15 is 0 Å². The summed E-state index contributed by atoms with van der Waals surface area (Å²) in [6.07, 6.45) is 3.72. The van der Waals surface area contributed by atoms with E-state index in [0.717, 1.165) is 37.9 Å². The number of esters is 1. The van der Waals surface area contributed by atoms with E-state index in [2.05, 4.69) is 35.6 Å². The second-order valence-electron chi connectivity index (χ2n) is 12.4. The fourth-order valence-corrected chi connectivity index (χ4v) is 5.04. The minimum atomic E-state index is -0.883. The minimum Gasteiger partial charge on any atom is -0.458 e. The summed E-state index contributed by atoms with van der Waals surface area (Å²) in [4.78, 5) is 41.1. The maximum absolute atomic E-state index is 13.2. The maximum atomic E-state index is 13.2. The van der Waals surface area contributed by atoms with Gasteiger partial charge in [-0.3, -0.25) is 4.79 Å². The van der Waals surface area contributed by atoms with E-state index in [1.807, 2.05) is 39.8 Å². The number of rotatable bonds is 9. The van der Waals surface area contributed by atoms with Crippen LogP contribution < -0.4 is 15.4 Å². The summed E-state index contributed by atoms with van der Waals surface area (Å²) in [6.45, 7) is 16.9. The number of benzene rings is 1. The van der Waals surface area contributed by atoms with Crippen molar-refractivity contribution in [3.05, 3.63) is 29.8 Å². The molecule has 0 saturated carbocycles. The molecule has 1 aliphatic heterocycles. The Morgan fingerprint density at radius 2 is 1.68 bits per heavy atom. The molecule has 8 nitrogen and oxygen atoms in total. The maximum Gasteiger partial charge on any atom is 0.413 e. The van der Waals surface area contributed by atoms with Crippen LogP contribution in [0.1, 0.15) is 86.6 Å². The van der Waals surface area contributed by atoms with Gasteiger partial charge in [-0.05, 0) is 83.2 Å². The molecule has 0 bridgehead atoms. The van der Waals surface area contributed by atoms with Gasteiger partial charge in [-0.15, -0.1) is 0 Å². The molecule has 1 aromatic carbocycles. The Bertz CT molecular complexity index is 955. The molecule has 0 radical (unpaired) electrons. The van der Waals surface area contributed by atoms with Gasteiger partial charge < -0.3 is 25.0 Å². The van der Waals surface area contributed by atoms with Crippen molar-refractivity contribution < 1.29 is 23.9 Å². The van der Waals surface area contributed by atoms with Crippen LogP contribution in [0.15, 0.2) is 24.3 Å². The van der Waals surface area contributed by atoms with Crippen LogP contribution in [0.4, 0.5) is 4.79 Å². The fraction of sp³-hybridized carbons (Fsp3) is 0.700. The molecule has 8 heteroatoms. The summed E-state index contributed by atoms with van der Waals surface area (Å²) in [7, 11) is 2.16. The first-order chi connectivity index (χ1) is 17.7. The molecule has 2 rings (SSSR count). The number of carbonyl (C=O) groups excluding carboxylic acids is 3. The van der Waals surface area contributed by atoms with Gasteiger partial charge in [0.05, 0.1) is 0 Å². The van der Waals surface area contributed by atoms with Gasteiger partial charge >= 0.3 is 12.1 Å². The second-order valence-corrected chi connectivity index (χ2v) is 12.4. The SMILES string of the molecule is CCC1(c2cccc(OC(=O)N[C@H](C(=O)NC(C(=O)OC(C)(C)C)C(C)C)C(C)C)c2)CCCCN(C)C1. The molecule has 0 aromatic heterocycles. The van der Waals surface area contributed by atoms with E-state index in [1.54, 1.807) is 26.8 Å². The highest BCUT2D eigenvalue weighted by atomic mass is 16.6. The molecule has 214 valence electrons. The average Bonchev–Trinajstić information content (AvgIpc) is 3.01. The smallest absolute Gasteiger partial charge is 0.413 e. The fourth-order valence-electron chi connectivity index (χ4n) is 5.04. The van der Waals surface area contributed by atoms with Crippen LogP contribution in [0.2, 0.25) is 0 Å². The van der Waals surface area contributed by atoms with Gasteiger partial charge in [-0.2, -0.15) is 0 Å². The summed E-state index contributed by atoms with van der Waals surface area (Å²) in [5.41, 5.74) is 0.495. The third-order valence-corrected chi connectivity index (χ3v) is 7.20. The van der Waals surface area contributed by atoms with Crippen LogP contribution in [0.25, 0.3) is 0 Å². The Morgan fingerprint density at radius 1 is 1.03 bits per heavy atom. The van der Waals surface area contributed by atoms with E-state index < -0.39 is 35.7 Å². The lowest BCUT2D eigenvalue weighted by Crippen LogP contribution is -2.56. The zero-order valence-electron chi connectivity index (χ0n) is 24.8. The van der Waals surface area contributed by atoms with Crippen molar-refractivity contribution in [1.82, 2.24) is 15.5 Å². The summed E-state index contributed by atoms with van der Waals surface area (Å²) in [5.74, 6) is -0.939. The number of nitrogens with one attached hydrogen (secondary N) is 2. The molecule has 38 heavy (non-hydrogen) atoms. The Kier molecular flexibility index (Phi) is 11.2. The molecule has 1 saturated heterocycles. The second kappa shape index (κ2) is 13.5. The van der Waals surface area contributed by atoms with Crippen molar-refractivity contribution in [2.45, 2.75) is 104 Å². The Morgan fingerprint density at radius 3 is 2.26 bits per heavy atom. The van der Waals surface area contributed by atoms with Crippen molar-refractivity contribution in [3.63, 3.8) is 0 Å². The van der Waals surface area contributed by atoms with Gasteiger partial charge in [0.2, 0.25) is 5.91 Å². The molecule has 1 heterocycles. The first kappa shape index (κ1) is 31.6. The van der Waals surface area contributed by atoms with Crippen molar-refractivity contribution in [2.24, 2.45) is 11.8 Å². The normalized spacial score (nSPS) is 20.4. The number of amides is 2. The van der Waals surface area contributed by atoms with Gasteiger partial charge in [0.25, 0.3) is 0 Å². The number of nitrogens with zero attached hydrogens (tertiary/aromatic N) is 1. The third-order valence-electron chi connectivity index (χ3n) is 7.20. The topological polar surface area (TPSA) is 97.0 Å². The average molecular weight is 532 g/mol. The highest BCUT2D eigenvalue weighted by Gasteiger charge is 2.35. The van der Waals surface area contributed by atoms with Crippen LogP contribution in [0, 0.1) is 11.8 Å². The Labute approximate surface area is 229 Å². The van der Waals surface area contributed by atoms with Crippen LogP contribution in [0.3, 0.4) is 0 Å². The lowest BCUT2D eigenvalue weighted by molar-refractivity contribution is -0.160. The highest BCUT2D eigenvalue weighted by molar-refractivity contribution is 5.90. The van der Waals surface area contributed by atoms with Crippen LogP contribution in [0.5, 0.6) is 5.75 Å². The quantitative estimate of drug-likeness (QED) is 0.433. The first-order valence-electron chi connectivity index (χ1n) is 14.0. The van der Waals surface area contributed by atoms with E-state index in [1.165, 1.54) is 6.42 Å². The van der Waals surface area contributed by atoms with Crippen molar-refractivity contribution in [3.8, 4) is 5.75 Å². The van der Waals surface area contributed by atoms with Crippen LogP contribution >= 0.6 is 0 Å². The molecule has 2 unspecified atom stereocenters. The Balaban J connectivity index is 2.14. The zero-order valence-corrected chi connectivity index (χ0v) is 24.8. The molecule has 2 N–H and O–H groups in total. The lowest BCUT2D eigenvalue weighted by Gasteiger charge is -2.35. The minimum absolute atomic E-state index is 0.00890. The van der Waals surface area contributed by atoms with Gasteiger partial charge in [-0.1, -0.05) is 53.2 Å². The zero-order chi connectivity index (χ0) is 28.7. The number of hydrogen-bond donors (Lipinski definition) is 2. The van der Waals surface area contributed by atoms with Gasteiger partial charge in [0, 0.05) is 12.0 Å². The summed E-state index contributed by atoms with van der Waals surface area (Å²) in [6, 6.07) is 6.02. The molecule has 1 aliphatic rings. The molecule has 3 atom stereocenters. The molecule has 0 spiro atoms. The van der Waals surface area contributed by atoms with Crippen molar-refractivity contribution >= 4 is 18.0 Å². The Hall–Kier alpha value is -2.61. The number of hydrogen-bond acceptors (Lipinski definition) is 6. The molecule has 1 fully saturated rings. The van der Waals surface area contributed by atoms with Gasteiger partial charge in [0.1, 0.15) is 23.4 Å². The molecule has 0 aliphatic carbocycles. The summed E-state index contributed by atoms with van der Waals surface area (Å²) < 4.78 is 11.1. The van der Waals surface area contributed by atoms with Crippen LogP contribution in [-0.4, -0.2) is 60.7 Å². The number of ether oxygens (including phenoxy) is 2. The molecule has 2 amide bonds. The lowest BCUT2D eigenvalue weighted by atomic mass is 9.74.